The third-order valence-corrected chi connectivity index (χ3v) is 2.48. The number of rotatable bonds is 7. The molecule has 0 radical (unpaired) electrons. The van der Waals surface area contributed by atoms with Gasteiger partial charge in [0.15, 0.2) is 0 Å². The van der Waals surface area contributed by atoms with Crippen molar-refractivity contribution in [2.45, 2.75) is 33.6 Å². The van der Waals surface area contributed by atoms with Crippen LogP contribution in [0, 0.1) is 6.92 Å². The van der Waals surface area contributed by atoms with Crippen molar-refractivity contribution in [2.75, 3.05) is 23.7 Å². The number of anilines is 2. The van der Waals surface area contributed by atoms with E-state index in [0.717, 1.165) is 36.6 Å². The highest BCUT2D eigenvalue weighted by molar-refractivity contribution is 5.79. The highest BCUT2D eigenvalue weighted by atomic mass is 16.1. The zero-order valence-electron chi connectivity index (χ0n) is 11.2. The summed E-state index contributed by atoms with van der Waals surface area (Å²) < 4.78 is 0. The second-order valence-electron chi connectivity index (χ2n) is 4.06. The van der Waals surface area contributed by atoms with Gasteiger partial charge in [0, 0.05) is 18.5 Å². The number of nitrogens with one attached hydrogen (secondary N) is 2. The van der Waals surface area contributed by atoms with E-state index in [9.17, 15) is 4.79 Å². The molecule has 0 atom stereocenters. The number of aromatic nitrogens is 2. The van der Waals surface area contributed by atoms with Crippen LogP contribution in [0.25, 0.3) is 0 Å². The minimum atomic E-state index is -0.408. The predicted octanol–water partition coefficient (Wildman–Crippen LogP) is 1.07. The molecule has 0 aromatic carbocycles. The molecule has 4 N–H and O–H groups in total. The van der Waals surface area contributed by atoms with Crippen molar-refractivity contribution in [3.63, 3.8) is 0 Å². The molecular formula is C12H21N5O. The summed E-state index contributed by atoms with van der Waals surface area (Å²) in [6.45, 7) is 6.94. The fourth-order valence-electron chi connectivity index (χ4n) is 1.48. The van der Waals surface area contributed by atoms with Crippen LogP contribution in [0.4, 0.5) is 11.6 Å². The fraction of sp³-hybridized carbons (Fsp3) is 0.583. The number of aryl methyl sites for hydroxylation is 1. The van der Waals surface area contributed by atoms with Crippen molar-refractivity contribution in [1.29, 1.82) is 0 Å². The van der Waals surface area contributed by atoms with E-state index in [1.165, 1.54) is 0 Å². The van der Waals surface area contributed by atoms with Gasteiger partial charge in [-0.25, -0.2) is 9.97 Å². The molecule has 6 nitrogen and oxygen atoms in total. The molecule has 100 valence electrons. The lowest BCUT2D eigenvalue weighted by Crippen LogP contribution is -2.23. The molecule has 1 heterocycles. The Labute approximate surface area is 107 Å². The van der Waals surface area contributed by atoms with E-state index in [0.29, 0.717) is 5.82 Å². The molecule has 18 heavy (non-hydrogen) atoms. The summed E-state index contributed by atoms with van der Waals surface area (Å²) in [6, 6.07) is 0. The summed E-state index contributed by atoms with van der Waals surface area (Å²) in [5, 5.41) is 6.20. The average Bonchev–Trinajstić information content (AvgIpc) is 2.35. The number of nitrogens with two attached hydrogens (primary N) is 1. The summed E-state index contributed by atoms with van der Waals surface area (Å²) in [5.74, 6) is 1.82. The number of nitrogens with zero attached hydrogens (tertiary/aromatic N) is 2. The Bertz CT molecular complexity index is 419. The first kappa shape index (κ1) is 14.2. The molecule has 0 unspecified atom stereocenters. The largest absolute Gasteiger partial charge is 0.370 e. The van der Waals surface area contributed by atoms with E-state index < -0.39 is 5.91 Å². The molecule has 0 fully saturated rings. The topological polar surface area (TPSA) is 92.9 Å². The third-order valence-electron chi connectivity index (χ3n) is 2.48. The molecule has 1 rings (SSSR count). The van der Waals surface area contributed by atoms with Crippen LogP contribution in [0.15, 0.2) is 0 Å². The third kappa shape index (κ3) is 3.87. The van der Waals surface area contributed by atoms with Gasteiger partial charge in [-0.1, -0.05) is 13.8 Å². The molecule has 6 heteroatoms. The fourth-order valence-corrected chi connectivity index (χ4v) is 1.48. The standard InChI is InChI=1S/C12H21N5O/c1-4-6-14-11-8(3)12(15-7-9(13)18)17-10(5-2)16-11/h4-7H2,1-3H3,(H2,13,18)(H2,14,15,16,17). The monoisotopic (exact) mass is 251 g/mol. The van der Waals surface area contributed by atoms with Gasteiger partial charge in [0.1, 0.15) is 17.5 Å². The Hall–Kier alpha value is -1.85. The molecule has 0 aliphatic carbocycles. The van der Waals surface area contributed by atoms with Gasteiger partial charge in [-0.2, -0.15) is 0 Å². The van der Waals surface area contributed by atoms with Gasteiger partial charge < -0.3 is 16.4 Å². The van der Waals surface area contributed by atoms with Crippen molar-refractivity contribution in [2.24, 2.45) is 5.73 Å². The summed E-state index contributed by atoms with van der Waals surface area (Å²) in [7, 11) is 0. The van der Waals surface area contributed by atoms with Gasteiger partial charge in [-0.15, -0.1) is 0 Å². The highest BCUT2D eigenvalue weighted by Gasteiger charge is 2.10. The maximum absolute atomic E-state index is 10.8. The first-order chi connectivity index (χ1) is 8.58. The second-order valence-corrected chi connectivity index (χ2v) is 4.06. The van der Waals surface area contributed by atoms with Gasteiger partial charge in [0.25, 0.3) is 0 Å². The van der Waals surface area contributed by atoms with E-state index in [-0.39, 0.29) is 6.54 Å². The normalized spacial score (nSPS) is 10.2. The van der Waals surface area contributed by atoms with Crippen LogP contribution in [0.3, 0.4) is 0 Å². The SMILES string of the molecule is CCCNc1nc(CC)nc(NCC(N)=O)c1C. The quantitative estimate of drug-likeness (QED) is 0.674. The summed E-state index contributed by atoms with van der Waals surface area (Å²) in [5.41, 5.74) is 6.02. The van der Waals surface area contributed by atoms with Crippen LogP contribution in [-0.2, 0) is 11.2 Å². The van der Waals surface area contributed by atoms with Crippen molar-refractivity contribution in [3.05, 3.63) is 11.4 Å². The van der Waals surface area contributed by atoms with Crippen LogP contribution in [-0.4, -0.2) is 29.0 Å². The molecule has 1 aromatic heterocycles. The maximum Gasteiger partial charge on any atom is 0.236 e. The van der Waals surface area contributed by atoms with Gasteiger partial charge in [-0.3, -0.25) is 4.79 Å². The number of hydrogen-bond acceptors (Lipinski definition) is 5. The zero-order valence-corrected chi connectivity index (χ0v) is 11.2. The predicted molar refractivity (Wildman–Crippen MR) is 72.6 cm³/mol. The van der Waals surface area contributed by atoms with Gasteiger partial charge in [0.05, 0.1) is 6.54 Å². The van der Waals surface area contributed by atoms with Crippen LogP contribution in [0.5, 0.6) is 0 Å². The smallest absolute Gasteiger partial charge is 0.236 e. The van der Waals surface area contributed by atoms with Gasteiger partial charge in [-0.05, 0) is 13.3 Å². The molecule has 0 saturated carbocycles. The summed E-state index contributed by atoms with van der Waals surface area (Å²) in [6.07, 6.45) is 1.77. The Morgan fingerprint density at radius 3 is 2.33 bits per heavy atom. The van der Waals surface area contributed by atoms with Crippen LogP contribution in [0.1, 0.15) is 31.7 Å². The molecule has 1 amide bonds. The lowest BCUT2D eigenvalue weighted by Gasteiger charge is -2.13. The minimum absolute atomic E-state index is 0.0776. The van der Waals surface area contributed by atoms with Crippen molar-refractivity contribution in [3.8, 4) is 0 Å². The lowest BCUT2D eigenvalue weighted by atomic mass is 10.2. The van der Waals surface area contributed by atoms with Gasteiger partial charge in [0.2, 0.25) is 5.91 Å². The second kappa shape index (κ2) is 6.78. The first-order valence-electron chi connectivity index (χ1n) is 6.22. The molecule has 1 aromatic rings. The number of amides is 1. The number of carbonyl (C=O) groups excluding carboxylic acids is 1. The average molecular weight is 251 g/mol. The van der Waals surface area contributed by atoms with E-state index in [4.69, 9.17) is 5.73 Å². The van der Waals surface area contributed by atoms with E-state index in [1.54, 1.807) is 0 Å². The van der Waals surface area contributed by atoms with Crippen molar-refractivity contribution >= 4 is 17.5 Å². The maximum atomic E-state index is 10.8. The highest BCUT2D eigenvalue weighted by Crippen LogP contribution is 2.20. The molecule has 0 saturated heterocycles. The number of carbonyl (C=O) groups is 1. The first-order valence-corrected chi connectivity index (χ1v) is 6.22. The Morgan fingerprint density at radius 2 is 1.83 bits per heavy atom. The van der Waals surface area contributed by atoms with E-state index in [2.05, 4.69) is 27.5 Å². The molecule has 0 spiro atoms. The van der Waals surface area contributed by atoms with Gasteiger partial charge >= 0.3 is 0 Å². The van der Waals surface area contributed by atoms with Crippen molar-refractivity contribution < 1.29 is 4.79 Å². The Kier molecular flexibility index (Phi) is 5.35. The van der Waals surface area contributed by atoms with Crippen LogP contribution in [0.2, 0.25) is 0 Å². The number of hydrogen-bond donors (Lipinski definition) is 3. The van der Waals surface area contributed by atoms with E-state index in [1.807, 2.05) is 13.8 Å². The van der Waals surface area contributed by atoms with Crippen LogP contribution < -0.4 is 16.4 Å². The summed E-state index contributed by atoms with van der Waals surface area (Å²) in [4.78, 5) is 19.6. The minimum Gasteiger partial charge on any atom is -0.370 e. The lowest BCUT2D eigenvalue weighted by molar-refractivity contribution is -0.116. The van der Waals surface area contributed by atoms with Crippen LogP contribution >= 0.6 is 0 Å². The molecule has 0 aliphatic rings. The Balaban J connectivity index is 2.96. The van der Waals surface area contributed by atoms with E-state index >= 15 is 0 Å². The zero-order chi connectivity index (χ0) is 13.5. The summed E-state index contributed by atoms with van der Waals surface area (Å²) >= 11 is 0. The molecular weight excluding hydrogens is 230 g/mol. The Morgan fingerprint density at radius 1 is 1.22 bits per heavy atom. The molecule has 0 aliphatic heterocycles. The molecule has 0 bridgehead atoms. The number of primary amides is 1. The van der Waals surface area contributed by atoms with Crippen molar-refractivity contribution in [1.82, 2.24) is 9.97 Å².